The number of phenolic OH excluding ortho intramolecular Hbond substituents is 1. The summed E-state index contributed by atoms with van der Waals surface area (Å²) in [5, 5.41) is 9.84. The molecule has 0 radical (unpaired) electrons. The highest BCUT2D eigenvalue weighted by Crippen LogP contribution is 2.34. The van der Waals surface area contributed by atoms with Gasteiger partial charge in [-0.25, -0.2) is 8.42 Å². The van der Waals surface area contributed by atoms with Crippen LogP contribution in [0.2, 0.25) is 0 Å². The van der Waals surface area contributed by atoms with E-state index in [0.29, 0.717) is 13.2 Å². The minimum atomic E-state index is -3.66. The van der Waals surface area contributed by atoms with Gasteiger partial charge in [-0.3, -0.25) is 0 Å². The van der Waals surface area contributed by atoms with Gasteiger partial charge in [-0.05, 0) is 25.0 Å². The van der Waals surface area contributed by atoms with Crippen molar-refractivity contribution >= 4 is 10.0 Å². The molecule has 20 heavy (non-hydrogen) atoms. The van der Waals surface area contributed by atoms with Crippen LogP contribution in [-0.4, -0.2) is 43.1 Å². The van der Waals surface area contributed by atoms with Crippen LogP contribution in [-0.2, 0) is 14.8 Å². The molecular formula is C14H19NO4S. The second-order valence-electron chi connectivity index (χ2n) is 5.34. The minimum absolute atomic E-state index is 0.00173. The van der Waals surface area contributed by atoms with Crippen molar-refractivity contribution in [3.05, 3.63) is 24.3 Å². The molecule has 6 heteroatoms. The lowest BCUT2D eigenvalue weighted by Gasteiger charge is -2.42. The van der Waals surface area contributed by atoms with Gasteiger partial charge in [-0.15, -0.1) is 0 Å². The summed E-state index contributed by atoms with van der Waals surface area (Å²) in [4.78, 5) is -0.00813. The van der Waals surface area contributed by atoms with Crippen molar-refractivity contribution in [1.29, 1.82) is 0 Å². The van der Waals surface area contributed by atoms with Crippen molar-refractivity contribution < 1.29 is 18.3 Å². The predicted octanol–water partition coefficient (Wildman–Crippen LogP) is 1.72. The average Bonchev–Trinajstić information content (AvgIpc) is 2.47. The SMILES string of the molecule is O=S(=O)(c1ccccc1O)N1CCOC2CCCCC21. The van der Waals surface area contributed by atoms with Crippen molar-refractivity contribution in [3.63, 3.8) is 0 Å². The zero-order valence-electron chi connectivity index (χ0n) is 11.2. The monoisotopic (exact) mass is 297 g/mol. The molecule has 0 spiro atoms. The van der Waals surface area contributed by atoms with E-state index in [9.17, 15) is 13.5 Å². The van der Waals surface area contributed by atoms with Crippen molar-refractivity contribution in [2.75, 3.05) is 13.2 Å². The summed E-state index contributed by atoms with van der Waals surface area (Å²) < 4.78 is 32.8. The van der Waals surface area contributed by atoms with Crippen LogP contribution in [0.4, 0.5) is 0 Å². The van der Waals surface area contributed by atoms with Crippen LogP contribution < -0.4 is 0 Å². The number of morpholine rings is 1. The number of rotatable bonds is 2. The zero-order valence-corrected chi connectivity index (χ0v) is 12.1. The smallest absolute Gasteiger partial charge is 0.247 e. The van der Waals surface area contributed by atoms with E-state index in [1.54, 1.807) is 12.1 Å². The maximum absolute atomic E-state index is 12.8. The van der Waals surface area contributed by atoms with E-state index in [-0.39, 0.29) is 22.8 Å². The summed E-state index contributed by atoms with van der Waals surface area (Å²) in [7, 11) is -3.66. The first-order valence-corrected chi connectivity index (χ1v) is 8.46. The second-order valence-corrected chi connectivity index (χ2v) is 7.20. The van der Waals surface area contributed by atoms with E-state index in [1.165, 1.54) is 16.4 Å². The molecule has 1 N–H and O–H groups in total. The normalized spacial score (nSPS) is 28.0. The molecule has 0 bridgehead atoms. The summed E-state index contributed by atoms with van der Waals surface area (Å²) in [6, 6.07) is 6.02. The number of benzene rings is 1. The third-order valence-electron chi connectivity index (χ3n) is 4.13. The van der Waals surface area contributed by atoms with E-state index in [1.807, 2.05) is 0 Å². The molecule has 0 amide bonds. The molecule has 2 fully saturated rings. The molecule has 1 aliphatic carbocycles. The summed E-state index contributed by atoms with van der Waals surface area (Å²) in [5.41, 5.74) is 0. The number of fused-ring (bicyclic) bond motifs is 1. The van der Waals surface area contributed by atoms with E-state index in [4.69, 9.17) is 4.74 Å². The molecule has 1 saturated heterocycles. The molecule has 2 atom stereocenters. The number of aromatic hydroxyl groups is 1. The van der Waals surface area contributed by atoms with Crippen LogP contribution in [0.5, 0.6) is 5.75 Å². The first kappa shape index (κ1) is 13.9. The third-order valence-corrected chi connectivity index (χ3v) is 6.10. The Balaban J connectivity index is 1.96. The zero-order chi connectivity index (χ0) is 14.2. The molecule has 2 aliphatic rings. The fourth-order valence-corrected chi connectivity index (χ4v) is 4.91. The first-order valence-electron chi connectivity index (χ1n) is 7.02. The Kier molecular flexibility index (Phi) is 3.70. The summed E-state index contributed by atoms with van der Waals surface area (Å²) in [6.45, 7) is 0.784. The van der Waals surface area contributed by atoms with E-state index < -0.39 is 10.0 Å². The van der Waals surface area contributed by atoms with Gasteiger partial charge in [-0.1, -0.05) is 25.0 Å². The first-order chi connectivity index (χ1) is 9.60. The number of ether oxygens (including phenoxy) is 1. The maximum Gasteiger partial charge on any atom is 0.247 e. The number of nitrogens with zero attached hydrogens (tertiary/aromatic N) is 1. The van der Waals surface area contributed by atoms with Gasteiger partial charge in [0.05, 0.1) is 18.8 Å². The summed E-state index contributed by atoms with van der Waals surface area (Å²) in [5.74, 6) is -0.189. The molecular weight excluding hydrogens is 278 g/mol. The van der Waals surface area contributed by atoms with Gasteiger partial charge in [0, 0.05) is 6.54 Å². The lowest BCUT2D eigenvalue weighted by atomic mass is 9.91. The lowest BCUT2D eigenvalue weighted by molar-refractivity contribution is -0.0586. The highest BCUT2D eigenvalue weighted by molar-refractivity contribution is 7.89. The van der Waals surface area contributed by atoms with Crippen LogP contribution >= 0.6 is 0 Å². The Labute approximate surface area is 119 Å². The van der Waals surface area contributed by atoms with Crippen LogP contribution in [0.15, 0.2) is 29.2 Å². The number of hydrogen-bond acceptors (Lipinski definition) is 4. The Hall–Kier alpha value is -1.11. The lowest BCUT2D eigenvalue weighted by Crippen LogP contribution is -2.54. The standard InChI is InChI=1S/C14H19NO4S/c16-12-6-2-4-8-14(12)20(17,18)15-9-10-19-13-7-3-1-5-11(13)15/h2,4,6,8,11,13,16H,1,3,5,7,9-10H2. The van der Waals surface area contributed by atoms with Crippen molar-refractivity contribution in [2.45, 2.75) is 42.7 Å². The van der Waals surface area contributed by atoms with Gasteiger partial charge >= 0.3 is 0 Å². The molecule has 3 rings (SSSR count). The highest BCUT2D eigenvalue weighted by Gasteiger charge is 2.41. The molecule has 0 aromatic heterocycles. The van der Waals surface area contributed by atoms with E-state index >= 15 is 0 Å². The Morgan fingerprint density at radius 1 is 1.20 bits per heavy atom. The molecule has 1 aromatic carbocycles. The second kappa shape index (κ2) is 5.35. The molecule has 5 nitrogen and oxygen atoms in total. The van der Waals surface area contributed by atoms with Gasteiger partial charge in [0.15, 0.2) is 0 Å². The molecule has 1 aromatic rings. The van der Waals surface area contributed by atoms with Crippen molar-refractivity contribution in [2.24, 2.45) is 0 Å². The fraction of sp³-hybridized carbons (Fsp3) is 0.571. The number of phenols is 1. The minimum Gasteiger partial charge on any atom is -0.507 e. The molecule has 1 heterocycles. The number of para-hydroxylation sites is 1. The Morgan fingerprint density at radius 2 is 1.95 bits per heavy atom. The highest BCUT2D eigenvalue weighted by atomic mass is 32.2. The average molecular weight is 297 g/mol. The van der Waals surface area contributed by atoms with Crippen LogP contribution in [0, 0.1) is 0 Å². The van der Waals surface area contributed by atoms with Gasteiger partial charge in [0.1, 0.15) is 10.6 Å². The van der Waals surface area contributed by atoms with E-state index in [0.717, 1.165) is 25.7 Å². The topological polar surface area (TPSA) is 66.8 Å². The van der Waals surface area contributed by atoms with Crippen molar-refractivity contribution in [1.82, 2.24) is 4.31 Å². The quantitative estimate of drug-likeness (QED) is 0.902. The Bertz CT molecular complexity index is 585. The van der Waals surface area contributed by atoms with Gasteiger partial charge in [-0.2, -0.15) is 4.31 Å². The number of sulfonamides is 1. The molecule has 2 unspecified atom stereocenters. The molecule has 110 valence electrons. The molecule has 1 aliphatic heterocycles. The maximum atomic E-state index is 12.8. The Morgan fingerprint density at radius 3 is 2.75 bits per heavy atom. The van der Waals surface area contributed by atoms with Crippen LogP contribution in [0.25, 0.3) is 0 Å². The van der Waals surface area contributed by atoms with E-state index in [2.05, 4.69) is 0 Å². The predicted molar refractivity (Wildman–Crippen MR) is 74.0 cm³/mol. The largest absolute Gasteiger partial charge is 0.507 e. The van der Waals surface area contributed by atoms with Gasteiger partial charge in [0.2, 0.25) is 10.0 Å². The van der Waals surface area contributed by atoms with Crippen LogP contribution in [0.3, 0.4) is 0 Å². The molecule has 1 saturated carbocycles. The summed E-state index contributed by atoms with van der Waals surface area (Å²) >= 11 is 0. The van der Waals surface area contributed by atoms with Crippen molar-refractivity contribution in [3.8, 4) is 5.75 Å². The van der Waals surface area contributed by atoms with Gasteiger partial charge in [0.25, 0.3) is 0 Å². The van der Waals surface area contributed by atoms with Gasteiger partial charge < -0.3 is 9.84 Å². The number of hydrogen-bond donors (Lipinski definition) is 1. The summed E-state index contributed by atoms with van der Waals surface area (Å²) in [6.07, 6.45) is 3.86. The fourth-order valence-electron chi connectivity index (χ4n) is 3.16. The van der Waals surface area contributed by atoms with Crippen LogP contribution in [0.1, 0.15) is 25.7 Å². The third kappa shape index (κ3) is 2.32.